The highest BCUT2D eigenvalue weighted by molar-refractivity contribution is 5.76. The highest BCUT2D eigenvalue weighted by Crippen LogP contribution is 2.45. The lowest BCUT2D eigenvalue weighted by Crippen LogP contribution is -2.33. The number of hydrogen-bond acceptors (Lipinski definition) is 4. The van der Waals surface area contributed by atoms with Crippen LogP contribution in [-0.2, 0) is 13.0 Å². The molecule has 2 aromatic rings. The molecule has 4 heteroatoms. The average Bonchev–Trinajstić information content (AvgIpc) is 3.10. The lowest BCUT2D eigenvalue weighted by Gasteiger charge is -2.33. The number of likely N-dealkylation sites (tertiary alicyclic amines) is 1. The maximum Gasteiger partial charge on any atom is 0.161 e. The van der Waals surface area contributed by atoms with Gasteiger partial charge in [-0.1, -0.05) is 30.3 Å². The summed E-state index contributed by atoms with van der Waals surface area (Å²) >= 11 is 0. The number of hydrogen-bond donors (Lipinski definition) is 1. The maximum absolute atomic E-state index is 9.97. The van der Waals surface area contributed by atoms with Crippen molar-refractivity contribution in [2.75, 3.05) is 27.3 Å². The molecule has 1 N–H and O–H groups in total. The van der Waals surface area contributed by atoms with Crippen molar-refractivity contribution in [3.63, 3.8) is 0 Å². The molecule has 0 aromatic heterocycles. The monoisotopic (exact) mass is 393 g/mol. The van der Waals surface area contributed by atoms with E-state index in [-0.39, 0.29) is 0 Å². The first-order valence-corrected chi connectivity index (χ1v) is 10.6. The second kappa shape index (κ2) is 8.91. The van der Waals surface area contributed by atoms with E-state index < -0.39 is 0 Å². The standard InChI is InChI=1S/C25H31NO3/c1-28-24-14-21-13-20(23(17-27)22(21)15-25(24)29-2)12-18-8-10-26(11-9-18)16-19-6-4-3-5-7-19/h3-7,14-15,17-18,20,27H,8-13,16H2,1-2H3/b23-17-. The fraction of sp³-hybridized carbons (Fsp3) is 0.440. The predicted octanol–water partition coefficient (Wildman–Crippen LogP) is 5.08. The zero-order valence-corrected chi connectivity index (χ0v) is 17.4. The summed E-state index contributed by atoms with van der Waals surface area (Å²) in [6, 6.07) is 14.8. The second-order valence-corrected chi connectivity index (χ2v) is 8.29. The number of piperidine rings is 1. The summed E-state index contributed by atoms with van der Waals surface area (Å²) in [5.74, 6) is 2.57. The van der Waals surface area contributed by atoms with Gasteiger partial charge in [0.25, 0.3) is 0 Å². The van der Waals surface area contributed by atoms with Gasteiger partial charge < -0.3 is 14.6 Å². The molecule has 2 aromatic carbocycles. The van der Waals surface area contributed by atoms with E-state index in [0.717, 1.165) is 55.1 Å². The molecule has 29 heavy (non-hydrogen) atoms. The number of benzene rings is 2. The van der Waals surface area contributed by atoms with Crippen LogP contribution in [0.3, 0.4) is 0 Å². The smallest absolute Gasteiger partial charge is 0.161 e. The molecular formula is C25H31NO3. The molecular weight excluding hydrogens is 362 g/mol. The van der Waals surface area contributed by atoms with Crippen LogP contribution in [-0.4, -0.2) is 37.3 Å². The van der Waals surface area contributed by atoms with Crippen LogP contribution in [0.5, 0.6) is 11.5 Å². The molecule has 1 fully saturated rings. The van der Waals surface area contributed by atoms with Gasteiger partial charge in [0.1, 0.15) is 0 Å². The van der Waals surface area contributed by atoms with Crippen LogP contribution in [0, 0.1) is 11.8 Å². The Morgan fingerprint density at radius 2 is 1.72 bits per heavy atom. The minimum Gasteiger partial charge on any atom is -0.515 e. The van der Waals surface area contributed by atoms with Gasteiger partial charge in [0, 0.05) is 6.54 Å². The molecule has 154 valence electrons. The summed E-state index contributed by atoms with van der Waals surface area (Å²) in [5, 5.41) is 9.97. The van der Waals surface area contributed by atoms with Crippen LogP contribution >= 0.6 is 0 Å². The third kappa shape index (κ3) is 4.27. The first-order chi connectivity index (χ1) is 14.2. The van der Waals surface area contributed by atoms with Gasteiger partial charge in [0.05, 0.1) is 20.5 Å². The molecule has 0 amide bonds. The molecule has 1 unspecified atom stereocenters. The summed E-state index contributed by atoms with van der Waals surface area (Å²) < 4.78 is 10.9. The fourth-order valence-corrected chi connectivity index (χ4v) is 4.96. The Kier molecular flexibility index (Phi) is 6.10. The van der Waals surface area contributed by atoms with Gasteiger partial charge in [-0.3, -0.25) is 4.90 Å². The summed E-state index contributed by atoms with van der Waals surface area (Å²) in [6.45, 7) is 3.35. The number of rotatable bonds is 6. The molecule has 0 bridgehead atoms. The Balaban J connectivity index is 1.38. The van der Waals surface area contributed by atoms with Gasteiger partial charge in [-0.15, -0.1) is 0 Å². The van der Waals surface area contributed by atoms with Crippen molar-refractivity contribution in [2.24, 2.45) is 11.8 Å². The molecule has 4 rings (SSSR count). The van der Waals surface area contributed by atoms with E-state index in [4.69, 9.17) is 9.47 Å². The number of nitrogens with zero attached hydrogens (tertiary/aromatic N) is 1. The Labute approximate surface area is 173 Å². The number of methoxy groups -OCH3 is 2. The first kappa shape index (κ1) is 19.8. The molecule has 1 aliphatic carbocycles. The van der Waals surface area contributed by atoms with Crippen LogP contribution in [0.25, 0.3) is 5.57 Å². The van der Waals surface area contributed by atoms with Gasteiger partial charge in [0.2, 0.25) is 0 Å². The van der Waals surface area contributed by atoms with Crippen molar-refractivity contribution in [1.29, 1.82) is 0 Å². The highest BCUT2D eigenvalue weighted by Gasteiger charge is 2.32. The summed E-state index contributed by atoms with van der Waals surface area (Å²) in [6.07, 6.45) is 5.86. The number of fused-ring (bicyclic) bond motifs is 1. The summed E-state index contributed by atoms with van der Waals surface area (Å²) in [5.41, 5.74) is 4.80. The van der Waals surface area contributed by atoms with Gasteiger partial charge >= 0.3 is 0 Å². The van der Waals surface area contributed by atoms with E-state index in [1.165, 1.54) is 30.2 Å². The summed E-state index contributed by atoms with van der Waals surface area (Å²) in [7, 11) is 3.32. The fourth-order valence-electron chi connectivity index (χ4n) is 4.96. The van der Waals surface area contributed by atoms with Crippen molar-refractivity contribution in [1.82, 2.24) is 4.90 Å². The minimum absolute atomic E-state index is 0.373. The lowest BCUT2D eigenvalue weighted by molar-refractivity contribution is 0.166. The van der Waals surface area contributed by atoms with E-state index in [9.17, 15) is 5.11 Å². The molecule has 4 nitrogen and oxygen atoms in total. The van der Waals surface area contributed by atoms with Crippen LogP contribution in [0.4, 0.5) is 0 Å². The molecule has 1 heterocycles. The number of aliphatic hydroxyl groups excluding tert-OH is 1. The highest BCUT2D eigenvalue weighted by atomic mass is 16.5. The van der Waals surface area contributed by atoms with E-state index in [2.05, 4.69) is 41.3 Å². The predicted molar refractivity (Wildman–Crippen MR) is 116 cm³/mol. The average molecular weight is 394 g/mol. The topological polar surface area (TPSA) is 41.9 Å². The Morgan fingerprint density at radius 1 is 1.03 bits per heavy atom. The first-order valence-electron chi connectivity index (χ1n) is 10.6. The van der Waals surface area contributed by atoms with Crippen molar-refractivity contribution in [3.8, 4) is 11.5 Å². The molecule has 1 atom stereocenters. The van der Waals surface area contributed by atoms with Gasteiger partial charge in [-0.05, 0) is 85.0 Å². The van der Waals surface area contributed by atoms with Crippen LogP contribution < -0.4 is 9.47 Å². The van der Waals surface area contributed by atoms with Gasteiger partial charge in [-0.25, -0.2) is 0 Å². The van der Waals surface area contributed by atoms with Crippen molar-refractivity contribution in [2.45, 2.75) is 32.2 Å². The van der Waals surface area contributed by atoms with Gasteiger partial charge in [-0.2, -0.15) is 0 Å². The quantitative estimate of drug-likeness (QED) is 0.695. The Morgan fingerprint density at radius 3 is 2.38 bits per heavy atom. The number of ether oxygens (including phenoxy) is 2. The molecule has 2 aliphatic rings. The maximum atomic E-state index is 9.97. The second-order valence-electron chi connectivity index (χ2n) is 8.29. The third-order valence-electron chi connectivity index (χ3n) is 6.54. The minimum atomic E-state index is 0.373. The Hall–Kier alpha value is -2.46. The Bertz CT molecular complexity index is 854. The molecule has 0 saturated carbocycles. The zero-order valence-electron chi connectivity index (χ0n) is 17.4. The van der Waals surface area contributed by atoms with Crippen LogP contribution in [0.1, 0.15) is 36.0 Å². The summed E-state index contributed by atoms with van der Waals surface area (Å²) in [4.78, 5) is 2.56. The van der Waals surface area contributed by atoms with Crippen LogP contribution in [0.15, 0.2) is 48.7 Å². The zero-order chi connectivity index (χ0) is 20.2. The van der Waals surface area contributed by atoms with Gasteiger partial charge in [0.15, 0.2) is 11.5 Å². The van der Waals surface area contributed by atoms with Crippen LogP contribution in [0.2, 0.25) is 0 Å². The molecule has 1 saturated heterocycles. The van der Waals surface area contributed by atoms with E-state index in [1.807, 2.05) is 6.07 Å². The van der Waals surface area contributed by atoms with Crippen molar-refractivity contribution in [3.05, 3.63) is 65.4 Å². The number of aliphatic hydroxyl groups is 1. The SMILES string of the molecule is COc1cc2c(cc1OC)/C(=C\O)C(CC1CCN(Cc3ccccc3)CC1)C2. The van der Waals surface area contributed by atoms with E-state index in [1.54, 1.807) is 14.2 Å². The third-order valence-corrected chi connectivity index (χ3v) is 6.54. The van der Waals surface area contributed by atoms with Crippen molar-refractivity contribution >= 4 is 5.57 Å². The van der Waals surface area contributed by atoms with Crippen molar-refractivity contribution < 1.29 is 14.6 Å². The largest absolute Gasteiger partial charge is 0.515 e. The molecule has 0 spiro atoms. The number of allylic oxidation sites excluding steroid dienone is 1. The normalized spacial score (nSPS) is 21.3. The molecule has 0 radical (unpaired) electrons. The van der Waals surface area contributed by atoms with E-state index in [0.29, 0.717) is 11.8 Å². The lowest BCUT2D eigenvalue weighted by atomic mass is 9.84. The molecule has 1 aliphatic heterocycles. The van der Waals surface area contributed by atoms with E-state index >= 15 is 0 Å².